The smallest absolute Gasteiger partial charge is 0.328 e. The van der Waals surface area contributed by atoms with E-state index in [0.717, 1.165) is 6.07 Å². The van der Waals surface area contributed by atoms with Gasteiger partial charge in [-0.15, -0.1) is 0 Å². The molecule has 7 nitrogen and oxygen atoms in total. The van der Waals surface area contributed by atoms with E-state index in [-0.39, 0.29) is 16.3 Å². The molecule has 1 atom stereocenters. The Morgan fingerprint density at radius 3 is 2.73 bits per heavy atom. The number of hydrogen-bond donors (Lipinski definition) is 1. The highest BCUT2D eigenvalue weighted by atomic mass is 35.5. The monoisotopic (exact) mass is 346 g/mol. The van der Waals surface area contributed by atoms with Gasteiger partial charge in [0.15, 0.2) is 0 Å². The lowest BCUT2D eigenvalue weighted by atomic mass is 10.1. The van der Waals surface area contributed by atoms with Crippen molar-refractivity contribution in [3.05, 3.63) is 38.9 Å². The van der Waals surface area contributed by atoms with Crippen molar-refractivity contribution in [2.24, 2.45) is 0 Å². The molecule has 0 heterocycles. The average molecular weight is 347 g/mol. The molecule has 120 valence electrons. The van der Waals surface area contributed by atoms with Gasteiger partial charge in [-0.25, -0.2) is 4.79 Å². The van der Waals surface area contributed by atoms with Crippen molar-refractivity contribution in [3.8, 4) is 0 Å². The molecule has 0 spiro atoms. The summed E-state index contributed by atoms with van der Waals surface area (Å²) in [6.07, 6.45) is 2.25. The van der Waals surface area contributed by atoms with E-state index < -0.39 is 22.8 Å². The lowest BCUT2D eigenvalue weighted by Gasteiger charge is -2.16. The maximum absolute atomic E-state index is 12.2. The van der Waals surface area contributed by atoms with Crippen LogP contribution < -0.4 is 5.32 Å². The zero-order valence-corrected chi connectivity index (χ0v) is 13.6. The molecule has 0 saturated carbocycles. The number of hydrogen-bond acceptors (Lipinski definition) is 6. The number of rotatable bonds is 7. The molecule has 1 N–H and O–H groups in total. The Morgan fingerprint density at radius 2 is 2.18 bits per heavy atom. The predicted octanol–water partition coefficient (Wildman–Crippen LogP) is 2.27. The number of halogens is 1. The van der Waals surface area contributed by atoms with Gasteiger partial charge in [-0.3, -0.25) is 14.9 Å². The van der Waals surface area contributed by atoms with Crippen molar-refractivity contribution in [2.75, 3.05) is 19.1 Å². The molecule has 0 aliphatic rings. The molecule has 0 fully saturated rings. The van der Waals surface area contributed by atoms with Gasteiger partial charge in [0.05, 0.1) is 22.6 Å². The summed E-state index contributed by atoms with van der Waals surface area (Å²) >= 11 is 7.41. The van der Waals surface area contributed by atoms with E-state index in [4.69, 9.17) is 11.6 Å². The Hall–Kier alpha value is -1.80. The summed E-state index contributed by atoms with van der Waals surface area (Å²) in [4.78, 5) is 34.0. The van der Waals surface area contributed by atoms with Gasteiger partial charge in [-0.05, 0) is 24.5 Å². The Morgan fingerprint density at radius 1 is 1.50 bits per heavy atom. The second-order valence-electron chi connectivity index (χ2n) is 4.25. The van der Waals surface area contributed by atoms with Crippen LogP contribution in [0, 0.1) is 10.1 Å². The van der Waals surface area contributed by atoms with Gasteiger partial charge in [0, 0.05) is 12.1 Å². The van der Waals surface area contributed by atoms with Crippen molar-refractivity contribution in [3.63, 3.8) is 0 Å². The van der Waals surface area contributed by atoms with Crippen LogP contribution in [0.2, 0.25) is 5.02 Å². The van der Waals surface area contributed by atoms with Gasteiger partial charge in [0.25, 0.3) is 11.6 Å². The second kappa shape index (κ2) is 8.60. The van der Waals surface area contributed by atoms with Crippen molar-refractivity contribution >= 4 is 40.9 Å². The molecule has 1 amide bonds. The molecular weight excluding hydrogens is 332 g/mol. The first-order chi connectivity index (χ1) is 10.4. The van der Waals surface area contributed by atoms with E-state index in [1.807, 2.05) is 6.26 Å². The van der Waals surface area contributed by atoms with Crippen LogP contribution in [0.1, 0.15) is 16.8 Å². The summed E-state index contributed by atoms with van der Waals surface area (Å²) < 4.78 is 4.63. The highest BCUT2D eigenvalue weighted by molar-refractivity contribution is 7.98. The molecule has 0 saturated heterocycles. The van der Waals surface area contributed by atoms with Crippen LogP contribution in [0.25, 0.3) is 0 Å². The van der Waals surface area contributed by atoms with Gasteiger partial charge in [0.1, 0.15) is 6.04 Å². The summed E-state index contributed by atoms with van der Waals surface area (Å²) in [5.41, 5.74) is -0.317. The summed E-state index contributed by atoms with van der Waals surface area (Å²) in [6.45, 7) is 0. The van der Waals surface area contributed by atoms with E-state index in [2.05, 4.69) is 10.1 Å². The molecule has 22 heavy (non-hydrogen) atoms. The van der Waals surface area contributed by atoms with Gasteiger partial charge in [-0.1, -0.05) is 11.6 Å². The van der Waals surface area contributed by atoms with Crippen LogP contribution in [0.15, 0.2) is 18.2 Å². The number of nitrogens with one attached hydrogen (secondary N) is 1. The SMILES string of the molecule is COC(=O)C(CCSC)NC(=O)c1cc([N+](=O)[O-])ccc1Cl. The fourth-order valence-corrected chi connectivity index (χ4v) is 2.34. The molecule has 9 heteroatoms. The number of esters is 1. The summed E-state index contributed by atoms with van der Waals surface area (Å²) in [5, 5.41) is 13.3. The number of carbonyl (C=O) groups excluding carboxylic acids is 2. The fourth-order valence-electron chi connectivity index (χ4n) is 1.66. The maximum Gasteiger partial charge on any atom is 0.328 e. The van der Waals surface area contributed by atoms with Gasteiger partial charge >= 0.3 is 5.97 Å². The molecule has 0 aromatic heterocycles. The zero-order chi connectivity index (χ0) is 16.7. The van der Waals surface area contributed by atoms with Crippen LogP contribution in [-0.4, -0.2) is 42.0 Å². The summed E-state index contributed by atoms with van der Waals surface area (Å²) in [6, 6.07) is 2.70. The highest BCUT2D eigenvalue weighted by Crippen LogP contribution is 2.22. The summed E-state index contributed by atoms with van der Waals surface area (Å²) in [7, 11) is 1.22. The molecule has 1 aromatic carbocycles. The predicted molar refractivity (Wildman–Crippen MR) is 84.4 cm³/mol. The number of carbonyl (C=O) groups is 2. The number of nitro groups is 1. The van der Waals surface area contributed by atoms with Crippen LogP contribution in [0.4, 0.5) is 5.69 Å². The molecule has 0 radical (unpaired) electrons. The first kappa shape index (κ1) is 18.2. The standard InChI is InChI=1S/C13H15ClN2O5S/c1-21-13(18)11(5-6-22-2)15-12(17)9-7-8(16(19)20)3-4-10(9)14/h3-4,7,11H,5-6H2,1-2H3,(H,15,17). The number of nitrogens with zero attached hydrogens (tertiary/aromatic N) is 1. The molecule has 0 aliphatic carbocycles. The lowest BCUT2D eigenvalue weighted by molar-refractivity contribution is -0.384. The largest absolute Gasteiger partial charge is 0.467 e. The Labute approximate surface area is 136 Å². The minimum Gasteiger partial charge on any atom is -0.467 e. The Kier molecular flexibility index (Phi) is 7.13. The Balaban J connectivity index is 2.96. The molecule has 0 bridgehead atoms. The average Bonchev–Trinajstić information content (AvgIpc) is 2.50. The van der Waals surface area contributed by atoms with Crippen LogP contribution in [0.5, 0.6) is 0 Å². The number of amides is 1. The molecular formula is C13H15ClN2O5S. The number of non-ortho nitro benzene ring substituents is 1. The van der Waals surface area contributed by atoms with E-state index in [9.17, 15) is 19.7 Å². The molecule has 1 unspecified atom stereocenters. The van der Waals surface area contributed by atoms with Gasteiger partial charge in [0.2, 0.25) is 0 Å². The van der Waals surface area contributed by atoms with Crippen molar-refractivity contribution in [1.82, 2.24) is 5.32 Å². The number of methoxy groups -OCH3 is 1. The topological polar surface area (TPSA) is 98.5 Å². The first-order valence-electron chi connectivity index (χ1n) is 6.22. The lowest BCUT2D eigenvalue weighted by Crippen LogP contribution is -2.42. The minimum atomic E-state index is -0.833. The van der Waals surface area contributed by atoms with Crippen LogP contribution in [0.3, 0.4) is 0 Å². The molecule has 1 rings (SSSR count). The third-order valence-electron chi connectivity index (χ3n) is 2.81. The maximum atomic E-state index is 12.2. The number of benzene rings is 1. The molecule has 0 aliphatic heterocycles. The molecule has 1 aromatic rings. The van der Waals surface area contributed by atoms with E-state index in [1.165, 1.54) is 31.0 Å². The van der Waals surface area contributed by atoms with Crippen LogP contribution in [-0.2, 0) is 9.53 Å². The normalized spacial score (nSPS) is 11.6. The minimum absolute atomic E-state index is 0.0612. The zero-order valence-electron chi connectivity index (χ0n) is 12.0. The summed E-state index contributed by atoms with van der Waals surface area (Å²) in [5.74, 6) is -0.600. The quantitative estimate of drug-likeness (QED) is 0.462. The number of nitro benzene ring substituents is 1. The van der Waals surface area contributed by atoms with Crippen molar-refractivity contribution < 1.29 is 19.2 Å². The van der Waals surface area contributed by atoms with Gasteiger partial charge in [-0.2, -0.15) is 11.8 Å². The van der Waals surface area contributed by atoms with Crippen molar-refractivity contribution in [2.45, 2.75) is 12.5 Å². The fraction of sp³-hybridized carbons (Fsp3) is 0.385. The van der Waals surface area contributed by atoms with E-state index in [1.54, 1.807) is 0 Å². The Bertz CT molecular complexity index is 582. The third kappa shape index (κ3) is 4.88. The van der Waals surface area contributed by atoms with E-state index >= 15 is 0 Å². The van der Waals surface area contributed by atoms with Crippen molar-refractivity contribution in [1.29, 1.82) is 0 Å². The van der Waals surface area contributed by atoms with E-state index in [0.29, 0.717) is 12.2 Å². The third-order valence-corrected chi connectivity index (χ3v) is 3.78. The highest BCUT2D eigenvalue weighted by Gasteiger charge is 2.24. The van der Waals surface area contributed by atoms with Gasteiger partial charge < -0.3 is 10.1 Å². The van der Waals surface area contributed by atoms with Crippen LogP contribution >= 0.6 is 23.4 Å². The first-order valence-corrected chi connectivity index (χ1v) is 7.99. The number of ether oxygens (including phenoxy) is 1. The second-order valence-corrected chi connectivity index (χ2v) is 5.64. The number of thioether (sulfide) groups is 1.